The van der Waals surface area contributed by atoms with Crippen LogP contribution in [0.3, 0.4) is 0 Å². The molecule has 4 heteroatoms. The van der Waals surface area contributed by atoms with E-state index in [-0.39, 0.29) is 12.5 Å². The van der Waals surface area contributed by atoms with Gasteiger partial charge in [0.25, 0.3) is 0 Å². The van der Waals surface area contributed by atoms with Crippen LogP contribution < -0.4 is 5.32 Å². The largest absolute Gasteiger partial charge is 0.394 e. The minimum atomic E-state index is -0.832. The molecule has 3 N–H and O–H groups in total. The first-order valence-electron chi connectivity index (χ1n) is 20.9. The first-order chi connectivity index (χ1) is 22.7. The number of carbonyl (C=O) groups is 1. The van der Waals surface area contributed by atoms with Crippen LogP contribution in [0.15, 0.2) is 12.2 Å². The highest BCUT2D eigenvalue weighted by atomic mass is 16.3. The zero-order valence-electron chi connectivity index (χ0n) is 31.4. The van der Waals surface area contributed by atoms with E-state index in [4.69, 9.17) is 0 Å². The van der Waals surface area contributed by atoms with Gasteiger partial charge in [0.05, 0.1) is 18.8 Å². The Balaban J connectivity index is 3.51. The smallest absolute Gasteiger partial charge is 0.220 e. The van der Waals surface area contributed by atoms with Crippen LogP contribution in [0.4, 0.5) is 0 Å². The Hall–Kier alpha value is -0.870. The van der Waals surface area contributed by atoms with Gasteiger partial charge in [-0.05, 0) is 19.3 Å². The Morgan fingerprint density at radius 2 is 0.804 bits per heavy atom. The van der Waals surface area contributed by atoms with Crippen molar-refractivity contribution in [2.45, 2.75) is 244 Å². The zero-order chi connectivity index (χ0) is 33.6. The van der Waals surface area contributed by atoms with Crippen LogP contribution in [0.2, 0.25) is 0 Å². The van der Waals surface area contributed by atoms with E-state index in [9.17, 15) is 15.0 Å². The minimum absolute atomic E-state index is 0.0605. The highest BCUT2D eigenvalue weighted by Gasteiger charge is 2.17. The topological polar surface area (TPSA) is 69.6 Å². The lowest BCUT2D eigenvalue weighted by Crippen LogP contribution is -2.45. The van der Waals surface area contributed by atoms with Crippen LogP contribution in [0.1, 0.15) is 232 Å². The Labute approximate surface area is 288 Å². The number of nitrogens with one attached hydrogen (secondary N) is 1. The van der Waals surface area contributed by atoms with E-state index in [1.54, 1.807) is 6.08 Å². The van der Waals surface area contributed by atoms with Crippen LogP contribution >= 0.6 is 0 Å². The molecule has 0 aromatic carbocycles. The third kappa shape index (κ3) is 34.5. The molecule has 2 unspecified atom stereocenters. The molecule has 0 aromatic rings. The van der Waals surface area contributed by atoms with Gasteiger partial charge in [-0.15, -0.1) is 0 Å². The lowest BCUT2D eigenvalue weighted by molar-refractivity contribution is -0.123. The number of rotatable bonds is 38. The number of aliphatic hydroxyl groups is 2. The summed E-state index contributed by atoms with van der Waals surface area (Å²) < 4.78 is 0. The van der Waals surface area contributed by atoms with Crippen LogP contribution in [0, 0.1) is 0 Å². The van der Waals surface area contributed by atoms with Crippen molar-refractivity contribution in [1.29, 1.82) is 0 Å². The van der Waals surface area contributed by atoms with Gasteiger partial charge in [-0.3, -0.25) is 4.79 Å². The first kappa shape index (κ1) is 45.1. The monoisotopic (exact) mass is 650 g/mol. The molecule has 0 saturated carbocycles. The highest BCUT2D eigenvalue weighted by molar-refractivity contribution is 5.76. The predicted molar refractivity (Wildman–Crippen MR) is 202 cm³/mol. The normalized spacial score (nSPS) is 13.0. The number of hydrogen-bond acceptors (Lipinski definition) is 3. The molecular formula is C42H83NO3. The summed E-state index contributed by atoms with van der Waals surface area (Å²) >= 11 is 0. The van der Waals surface area contributed by atoms with Crippen LogP contribution in [0.5, 0.6) is 0 Å². The number of amides is 1. The quantitative estimate of drug-likeness (QED) is 0.0460. The van der Waals surface area contributed by atoms with Crippen molar-refractivity contribution in [1.82, 2.24) is 5.32 Å². The van der Waals surface area contributed by atoms with Gasteiger partial charge < -0.3 is 15.5 Å². The van der Waals surface area contributed by atoms with Gasteiger partial charge in [0.1, 0.15) is 0 Å². The van der Waals surface area contributed by atoms with Crippen LogP contribution in [-0.2, 0) is 4.79 Å². The summed E-state index contributed by atoms with van der Waals surface area (Å²) in [5, 5.41) is 22.9. The number of unbranched alkanes of at least 4 members (excludes halogenated alkanes) is 31. The van der Waals surface area contributed by atoms with Gasteiger partial charge in [0.2, 0.25) is 5.91 Å². The van der Waals surface area contributed by atoms with Crippen molar-refractivity contribution in [2.75, 3.05) is 6.61 Å². The molecule has 2 atom stereocenters. The maximum Gasteiger partial charge on any atom is 0.220 e. The fourth-order valence-electron chi connectivity index (χ4n) is 6.53. The van der Waals surface area contributed by atoms with Gasteiger partial charge in [-0.2, -0.15) is 0 Å². The van der Waals surface area contributed by atoms with Gasteiger partial charge in [0, 0.05) is 6.42 Å². The SMILES string of the molecule is CCCCCCCCCCCCC/C=C/C(O)C(CO)NC(=O)CCCCCCCCCCCCCCCCCCCCCCC. The molecular weight excluding hydrogens is 566 g/mol. The van der Waals surface area contributed by atoms with Crippen molar-refractivity contribution < 1.29 is 15.0 Å². The highest BCUT2D eigenvalue weighted by Crippen LogP contribution is 2.16. The van der Waals surface area contributed by atoms with Gasteiger partial charge in [-0.1, -0.05) is 219 Å². The van der Waals surface area contributed by atoms with Gasteiger partial charge in [0.15, 0.2) is 0 Å². The van der Waals surface area contributed by atoms with E-state index in [0.717, 1.165) is 25.7 Å². The summed E-state index contributed by atoms with van der Waals surface area (Å²) in [5.41, 5.74) is 0. The molecule has 0 aromatic heterocycles. The van der Waals surface area contributed by atoms with E-state index in [1.807, 2.05) is 6.08 Å². The number of hydrogen-bond donors (Lipinski definition) is 3. The van der Waals surface area contributed by atoms with Crippen molar-refractivity contribution >= 4 is 5.91 Å². The Bertz CT molecular complexity index is 622. The van der Waals surface area contributed by atoms with Crippen molar-refractivity contribution in [2.24, 2.45) is 0 Å². The second kappa shape index (κ2) is 38.6. The average molecular weight is 650 g/mol. The molecule has 0 radical (unpaired) electrons. The second-order valence-electron chi connectivity index (χ2n) is 14.4. The van der Waals surface area contributed by atoms with Crippen molar-refractivity contribution in [3.63, 3.8) is 0 Å². The zero-order valence-corrected chi connectivity index (χ0v) is 31.4. The summed E-state index contributed by atoms with van der Waals surface area (Å²) in [6, 6.07) is -0.615. The molecule has 0 rings (SSSR count). The summed E-state index contributed by atoms with van der Waals surface area (Å²) in [7, 11) is 0. The number of allylic oxidation sites excluding steroid dienone is 1. The van der Waals surface area contributed by atoms with E-state index in [0.29, 0.717) is 6.42 Å². The molecule has 274 valence electrons. The summed E-state index contributed by atoms with van der Waals surface area (Å²) in [4.78, 5) is 12.3. The van der Waals surface area contributed by atoms with Crippen molar-refractivity contribution in [3.05, 3.63) is 12.2 Å². The maximum atomic E-state index is 12.3. The lowest BCUT2D eigenvalue weighted by atomic mass is 10.0. The third-order valence-corrected chi connectivity index (χ3v) is 9.77. The molecule has 46 heavy (non-hydrogen) atoms. The number of aliphatic hydroxyl groups excluding tert-OH is 2. The molecule has 0 saturated heterocycles. The maximum absolute atomic E-state index is 12.3. The molecule has 0 aliphatic heterocycles. The van der Waals surface area contributed by atoms with Crippen molar-refractivity contribution in [3.8, 4) is 0 Å². The summed E-state index contributed by atoms with van der Waals surface area (Å²) in [6.45, 7) is 4.32. The van der Waals surface area contributed by atoms with E-state index in [1.165, 1.54) is 186 Å². The number of carbonyl (C=O) groups excluding carboxylic acids is 1. The van der Waals surface area contributed by atoms with Crippen LogP contribution in [-0.4, -0.2) is 34.9 Å². The first-order valence-corrected chi connectivity index (χ1v) is 20.9. The van der Waals surface area contributed by atoms with Crippen LogP contribution in [0.25, 0.3) is 0 Å². The molecule has 4 nitrogen and oxygen atoms in total. The van der Waals surface area contributed by atoms with Gasteiger partial charge >= 0.3 is 0 Å². The fraction of sp³-hybridized carbons (Fsp3) is 0.929. The average Bonchev–Trinajstić information content (AvgIpc) is 3.06. The molecule has 1 amide bonds. The van der Waals surface area contributed by atoms with Gasteiger partial charge in [-0.25, -0.2) is 0 Å². The second-order valence-corrected chi connectivity index (χ2v) is 14.4. The molecule has 0 aliphatic carbocycles. The lowest BCUT2D eigenvalue weighted by Gasteiger charge is -2.20. The fourth-order valence-corrected chi connectivity index (χ4v) is 6.53. The summed E-state index contributed by atoms with van der Waals surface area (Å²) in [6.07, 6.45) is 47.4. The van der Waals surface area contributed by atoms with E-state index in [2.05, 4.69) is 19.2 Å². The molecule has 0 spiro atoms. The summed E-state index contributed by atoms with van der Waals surface area (Å²) in [5.74, 6) is -0.0605. The Morgan fingerprint density at radius 1 is 0.500 bits per heavy atom. The predicted octanol–water partition coefficient (Wildman–Crippen LogP) is 12.7. The standard InChI is InChI=1S/C42H83NO3/c1-3-5-7-9-11-13-15-17-18-19-20-21-22-23-24-26-28-30-32-34-36-38-42(46)43-40(39-44)41(45)37-35-33-31-29-27-25-16-14-12-10-8-6-4-2/h35,37,40-41,44-45H,3-34,36,38-39H2,1-2H3,(H,43,46)/b37-35+. The van der Waals surface area contributed by atoms with E-state index < -0.39 is 12.1 Å². The molecule has 0 aliphatic rings. The minimum Gasteiger partial charge on any atom is -0.394 e. The molecule has 0 heterocycles. The Morgan fingerprint density at radius 3 is 1.13 bits per heavy atom. The molecule has 0 bridgehead atoms. The van der Waals surface area contributed by atoms with E-state index >= 15 is 0 Å². The Kier molecular flexibility index (Phi) is 37.8. The molecule has 0 fully saturated rings. The third-order valence-electron chi connectivity index (χ3n) is 9.77.